The van der Waals surface area contributed by atoms with Crippen molar-refractivity contribution in [3.63, 3.8) is 0 Å². The highest BCUT2D eigenvalue weighted by Crippen LogP contribution is 2.34. The lowest BCUT2D eigenvalue weighted by atomic mass is 9.89. The molecule has 19 heavy (non-hydrogen) atoms. The Kier molecular flexibility index (Phi) is 4.83. The van der Waals surface area contributed by atoms with Crippen LogP contribution in [-0.4, -0.2) is 25.5 Å². The number of amides is 1. The number of nitrogens with one attached hydrogen (secondary N) is 1. The monoisotopic (exact) mass is 280 g/mol. The summed E-state index contributed by atoms with van der Waals surface area (Å²) in [5, 5.41) is 3.40. The number of carbonyl (C=O) groups excluding carboxylic acids is 1. The van der Waals surface area contributed by atoms with Crippen LogP contribution in [0.3, 0.4) is 0 Å². The van der Waals surface area contributed by atoms with Crippen molar-refractivity contribution in [1.82, 2.24) is 5.32 Å². The average Bonchev–Trinajstić information content (AvgIpc) is 2.86. The Hall–Kier alpha value is -1.06. The van der Waals surface area contributed by atoms with Crippen molar-refractivity contribution in [2.45, 2.75) is 31.6 Å². The van der Waals surface area contributed by atoms with Gasteiger partial charge in [-0.3, -0.25) is 4.79 Å². The summed E-state index contributed by atoms with van der Waals surface area (Å²) in [7, 11) is 0. The smallest absolute Gasteiger partial charge is 0.227 e. The maximum atomic E-state index is 11.9. The molecule has 4 heteroatoms. The fourth-order valence-corrected chi connectivity index (χ4v) is 3.11. The maximum Gasteiger partial charge on any atom is 0.227 e. The minimum atomic E-state index is 0. The summed E-state index contributed by atoms with van der Waals surface area (Å²) in [6.45, 7) is 3.07. The molecule has 0 aliphatic carbocycles. The predicted molar refractivity (Wildman–Crippen MR) is 80.1 cm³/mol. The third-order valence-corrected chi connectivity index (χ3v) is 4.08. The summed E-state index contributed by atoms with van der Waals surface area (Å²) >= 11 is 0. The van der Waals surface area contributed by atoms with Crippen LogP contribution in [0.15, 0.2) is 24.3 Å². The van der Waals surface area contributed by atoms with Crippen molar-refractivity contribution in [2.24, 2.45) is 0 Å². The number of halogens is 1. The van der Waals surface area contributed by atoms with Crippen LogP contribution in [0.2, 0.25) is 0 Å². The van der Waals surface area contributed by atoms with Crippen LogP contribution in [0.1, 0.15) is 37.2 Å². The first-order valence-electron chi connectivity index (χ1n) is 6.96. The Bertz CT molecular complexity index is 444. The van der Waals surface area contributed by atoms with E-state index in [1.807, 2.05) is 11.0 Å². The third kappa shape index (κ3) is 2.93. The minimum absolute atomic E-state index is 0. The molecule has 3 rings (SSSR count). The molecule has 0 aromatic heterocycles. The van der Waals surface area contributed by atoms with E-state index in [0.29, 0.717) is 12.3 Å². The molecule has 2 aliphatic heterocycles. The van der Waals surface area contributed by atoms with Gasteiger partial charge in [0.1, 0.15) is 0 Å². The topological polar surface area (TPSA) is 32.3 Å². The van der Waals surface area contributed by atoms with Gasteiger partial charge in [0.05, 0.1) is 0 Å². The normalized spacial score (nSPS) is 20.4. The van der Waals surface area contributed by atoms with Crippen LogP contribution in [-0.2, 0) is 4.79 Å². The first-order chi connectivity index (χ1) is 8.86. The lowest BCUT2D eigenvalue weighted by molar-refractivity contribution is -0.117. The van der Waals surface area contributed by atoms with Gasteiger partial charge in [-0.1, -0.05) is 18.2 Å². The molecule has 3 nitrogen and oxygen atoms in total. The Balaban J connectivity index is 0.00000133. The summed E-state index contributed by atoms with van der Waals surface area (Å²) in [4.78, 5) is 13.9. The first kappa shape index (κ1) is 14.4. The number of hydrogen-bond acceptors (Lipinski definition) is 2. The molecule has 104 valence electrons. The average molecular weight is 281 g/mol. The van der Waals surface area contributed by atoms with Gasteiger partial charge in [-0.2, -0.15) is 0 Å². The van der Waals surface area contributed by atoms with Gasteiger partial charge in [-0.25, -0.2) is 0 Å². The zero-order valence-electron chi connectivity index (χ0n) is 11.1. The number of rotatable bonds is 2. The summed E-state index contributed by atoms with van der Waals surface area (Å²) in [5.41, 5.74) is 2.53. The van der Waals surface area contributed by atoms with Crippen molar-refractivity contribution in [1.29, 1.82) is 0 Å². The maximum absolute atomic E-state index is 11.9. The lowest BCUT2D eigenvalue weighted by Gasteiger charge is -2.28. The number of hydrogen-bond donors (Lipinski definition) is 1. The predicted octanol–water partition coefficient (Wildman–Crippen LogP) is 2.70. The molecular formula is C15H21ClN2O. The zero-order chi connectivity index (χ0) is 12.4. The number of nitrogens with zero attached hydrogens (tertiary/aromatic N) is 1. The van der Waals surface area contributed by atoms with E-state index in [2.05, 4.69) is 23.5 Å². The van der Waals surface area contributed by atoms with Gasteiger partial charge >= 0.3 is 0 Å². The standard InChI is InChI=1S/C15H20N2O.ClH/c18-15-6-3-11-17(15)14-5-2-1-4-13(14)12-7-9-16-10-8-12;/h1-2,4-5,12,16H,3,6-11H2;1H. The van der Waals surface area contributed by atoms with Crippen molar-refractivity contribution >= 4 is 24.0 Å². The Morgan fingerprint density at radius 1 is 1.16 bits per heavy atom. The fourth-order valence-electron chi connectivity index (χ4n) is 3.11. The molecule has 2 aliphatic rings. The van der Waals surface area contributed by atoms with Gasteiger partial charge in [0.25, 0.3) is 0 Å². The van der Waals surface area contributed by atoms with E-state index in [-0.39, 0.29) is 18.3 Å². The third-order valence-electron chi connectivity index (χ3n) is 4.08. The van der Waals surface area contributed by atoms with E-state index < -0.39 is 0 Å². The van der Waals surface area contributed by atoms with Crippen molar-refractivity contribution in [3.8, 4) is 0 Å². The van der Waals surface area contributed by atoms with Crippen LogP contribution in [0.4, 0.5) is 5.69 Å². The van der Waals surface area contributed by atoms with Crippen LogP contribution in [0.25, 0.3) is 0 Å². The second-order valence-electron chi connectivity index (χ2n) is 5.23. The molecule has 0 atom stereocenters. The van der Waals surface area contributed by atoms with Crippen LogP contribution in [0, 0.1) is 0 Å². The molecule has 2 saturated heterocycles. The Morgan fingerprint density at radius 3 is 2.58 bits per heavy atom. The molecule has 1 amide bonds. The fraction of sp³-hybridized carbons (Fsp3) is 0.533. The number of piperidine rings is 1. The molecule has 1 aromatic rings. The van der Waals surface area contributed by atoms with Crippen molar-refractivity contribution in [3.05, 3.63) is 29.8 Å². The van der Waals surface area contributed by atoms with E-state index in [4.69, 9.17) is 0 Å². The Labute approximate surface area is 120 Å². The summed E-state index contributed by atoms with van der Waals surface area (Å²) in [5.74, 6) is 0.896. The van der Waals surface area contributed by atoms with Crippen LogP contribution >= 0.6 is 12.4 Å². The van der Waals surface area contributed by atoms with Gasteiger partial charge in [0.15, 0.2) is 0 Å². The van der Waals surface area contributed by atoms with E-state index in [9.17, 15) is 4.79 Å². The van der Waals surface area contributed by atoms with Gasteiger partial charge in [-0.05, 0) is 49.9 Å². The molecular weight excluding hydrogens is 260 g/mol. The van der Waals surface area contributed by atoms with Gasteiger partial charge in [-0.15, -0.1) is 12.4 Å². The molecule has 0 saturated carbocycles. The number of carbonyl (C=O) groups is 1. The molecule has 0 bridgehead atoms. The second-order valence-corrected chi connectivity index (χ2v) is 5.23. The highest BCUT2D eigenvalue weighted by atomic mass is 35.5. The first-order valence-corrected chi connectivity index (χ1v) is 6.96. The molecule has 0 spiro atoms. The number of anilines is 1. The minimum Gasteiger partial charge on any atom is -0.317 e. The van der Waals surface area contributed by atoms with Gasteiger partial charge < -0.3 is 10.2 Å². The summed E-state index contributed by atoms with van der Waals surface area (Å²) in [6.07, 6.45) is 4.07. The molecule has 1 aromatic carbocycles. The van der Waals surface area contributed by atoms with Gasteiger partial charge in [0, 0.05) is 18.7 Å². The number of benzene rings is 1. The van der Waals surface area contributed by atoms with Crippen molar-refractivity contribution < 1.29 is 4.79 Å². The quantitative estimate of drug-likeness (QED) is 0.903. The number of para-hydroxylation sites is 1. The second kappa shape index (κ2) is 6.40. The lowest BCUT2D eigenvalue weighted by Crippen LogP contribution is -2.29. The zero-order valence-corrected chi connectivity index (χ0v) is 11.9. The summed E-state index contributed by atoms with van der Waals surface area (Å²) < 4.78 is 0. The van der Waals surface area contributed by atoms with E-state index >= 15 is 0 Å². The van der Waals surface area contributed by atoms with E-state index in [1.165, 1.54) is 18.4 Å². The molecule has 0 unspecified atom stereocenters. The molecule has 2 heterocycles. The SMILES string of the molecule is Cl.O=C1CCCN1c1ccccc1C1CCNCC1. The highest BCUT2D eigenvalue weighted by molar-refractivity contribution is 5.96. The van der Waals surface area contributed by atoms with Crippen LogP contribution in [0.5, 0.6) is 0 Å². The van der Waals surface area contributed by atoms with E-state index in [1.54, 1.807) is 0 Å². The van der Waals surface area contributed by atoms with E-state index in [0.717, 1.165) is 31.7 Å². The van der Waals surface area contributed by atoms with Gasteiger partial charge in [0.2, 0.25) is 5.91 Å². The Morgan fingerprint density at radius 2 is 1.89 bits per heavy atom. The largest absolute Gasteiger partial charge is 0.317 e. The van der Waals surface area contributed by atoms with Crippen LogP contribution < -0.4 is 10.2 Å². The highest BCUT2D eigenvalue weighted by Gasteiger charge is 2.26. The molecule has 0 radical (unpaired) electrons. The summed E-state index contributed by atoms with van der Waals surface area (Å²) in [6, 6.07) is 8.46. The molecule has 1 N–H and O–H groups in total. The molecule has 2 fully saturated rings. The van der Waals surface area contributed by atoms with Crippen molar-refractivity contribution in [2.75, 3.05) is 24.5 Å².